The molecule has 0 unspecified atom stereocenters. The largest absolute Gasteiger partial charge is 0.493 e. The fourth-order valence-corrected chi connectivity index (χ4v) is 3.34. The molecule has 0 radical (unpaired) electrons. The van der Waals surface area contributed by atoms with Gasteiger partial charge in [-0.25, -0.2) is 23.4 Å². The van der Waals surface area contributed by atoms with Gasteiger partial charge in [-0.05, 0) is 31.2 Å². The molecule has 0 spiro atoms. The number of rotatable bonds is 4. The molecular weight excluding hydrogens is 417 g/mol. The quantitative estimate of drug-likeness (QED) is 0.477. The van der Waals surface area contributed by atoms with E-state index in [2.05, 4.69) is 4.99 Å². The number of aromatic hydroxyl groups is 1. The van der Waals surface area contributed by atoms with Crippen LogP contribution in [0.5, 0.6) is 5.88 Å². The monoisotopic (exact) mass is 435 g/mol. The Morgan fingerprint density at radius 3 is 2.38 bits per heavy atom. The maximum absolute atomic E-state index is 14.2. The predicted molar refractivity (Wildman–Crippen MR) is 117 cm³/mol. The van der Waals surface area contributed by atoms with E-state index < -0.39 is 34.1 Å². The first-order valence-electron chi connectivity index (χ1n) is 9.52. The highest BCUT2D eigenvalue weighted by molar-refractivity contribution is 5.84. The molecule has 2 heterocycles. The molecule has 2 aromatic carbocycles. The Morgan fingerprint density at radius 1 is 1.03 bits per heavy atom. The average molecular weight is 435 g/mol. The van der Waals surface area contributed by atoms with Gasteiger partial charge in [0.05, 0.1) is 17.1 Å². The van der Waals surface area contributed by atoms with E-state index in [-0.39, 0.29) is 11.4 Å². The maximum Gasteiger partial charge on any atom is 0.335 e. The third-order valence-electron chi connectivity index (χ3n) is 5.06. The van der Waals surface area contributed by atoms with E-state index in [0.29, 0.717) is 15.9 Å². The van der Waals surface area contributed by atoms with Crippen LogP contribution in [0, 0.1) is 12.7 Å². The molecule has 2 aromatic heterocycles. The van der Waals surface area contributed by atoms with Gasteiger partial charge in [-0.2, -0.15) is 0 Å². The summed E-state index contributed by atoms with van der Waals surface area (Å²) >= 11 is 0. The Balaban J connectivity index is 1.87. The Morgan fingerprint density at radius 2 is 1.69 bits per heavy atom. The Labute approximate surface area is 180 Å². The van der Waals surface area contributed by atoms with Crippen molar-refractivity contribution >= 4 is 11.9 Å². The molecule has 0 aliphatic heterocycles. The zero-order valence-electron chi connectivity index (χ0n) is 17.1. The molecule has 10 heteroatoms. The number of para-hydroxylation sites is 2. The van der Waals surface area contributed by atoms with E-state index in [1.54, 1.807) is 42.9 Å². The molecule has 0 saturated carbocycles. The number of aromatic amines is 1. The minimum atomic E-state index is -1.02. The predicted octanol–water partition coefficient (Wildman–Crippen LogP) is 1.92. The van der Waals surface area contributed by atoms with Crippen LogP contribution in [0.1, 0.15) is 11.3 Å². The third-order valence-corrected chi connectivity index (χ3v) is 5.06. The summed E-state index contributed by atoms with van der Waals surface area (Å²) in [6.45, 7) is 1.68. The second kappa shape index (κ2) is 7.99. The van der Waals surface area contributed by atoms with E-state index in [9.17, 15) is 23.9 Å². The van der Waals surface area contributed by atoms with Crippen molar-refractivity contribution in [2.75, 3.05) is 0 Å². The summed E-state index contributed by atoms with van der Waals surface area (Å²) < 4.78 is 17.8. The number of aromatic nitrogens is 4. The number of nitrogens with one attached hydrogen (secondary N) is 1. The molecule has 0 aliphatic carbocycles. The van der Waals surface area contributed by atoms with E-state index in [4.69, 9.17) is 0 Å². The summed E-state index contributed by atoms with van der Waals surface area (Å²) in [6, 6.07) is 14.2. The van der Waals surface area contributed by atoms with E-state index >= 15 is 0 Å². The average Bonchev–Trinajstić information content (AvgIpc) is 2.98. The highest BCUT2D eigenvalue weighted by Gasteiger charge is 2.18. The molecule has 2 N–H and O–H groups in total. The standard InChI is InChI=1S/C22H18FN5O4/c1-13-18(21(31)28(26(13)2)14-8-4-3-5-9-14)24-12-15-19(29)25-22(32)27(20(15)30)17-11-7-6-10-16(17)23/h3-12,30H,1-2H3,(H,25,29,32). The van der Waals surface area contributed by atoms with Gasteiger partial charge in [0.15, 0.2) is 5.69 Å². The molecule has 0 aliphatic rings. The molecule has 32 heavy (non-hydrogen) atoms. The van der Waals surface area contributed by atoms with Crippen molar-refractivity contribution in [2.45, 2.75) is 6.92 Å². The second-order valence-corrected chi connectivity index (χ2v) is 6.95. The van der Waals surface area contributed by atoms with Crippen LogP contribution in [-0.2, 0) is 7.05 Å². The van der Waals surface area contributed by atoms with Crippen molar-refractivity contribution in [1.29, 1.82) is 0 Å². The summed E-state index contributed by atoms with van der Waals surface area (Å²) in [4.78, 5) is 43.7. The zero-order chi connectivity index (χ0) is 23.0. The normalized spacial score (nSPS) is 11.3. The summed E-state index contributed by atoms with van der Waals surface area (Å²) in [5.74, 6) is -1.57. The van der Waals surface area contributed by atoms with Gasteiger partial charge in [-0.15, -0.1) is 0 Å². The molecule has 0 bridgehead atoms. The molecule has 0 amide bonds. The molecule has 4 aromatic rings. The van der Waals surface area contributed by atoms with Gasteiger partial charge in [0.1, 0.15) is 11.4 Å². The minimum absolute atomic E-state index is 0.0406. The molecule has 9 nitrogen and oxygen atoms in total. The van der Waals surface area contributed by atoms with E-state index in [1.807, 2.05) is 11.1 Å². The van der Waals surface area contributed by atoms with Crippen LogP contribution in [0.4, 0.5) is 10.1 Å². The summed E-state index contributed by atoms with van der Waals surface area (Å²) in [5, 5.41) is 10.6. The first-order chi connectivity index (χ1) is 15.3. The summed E-state index contributed by atoms with van der Waals surface area (Å²) in [7, 11) is 1.69. The highest BCUT2D eigenvalue weighted by Crippen LogP contribution is 2.20. The Hall–Kier alpha value is -4.47. The van der Waals surface area contributed by atoms with Gasteiger partial charge >= 0.3 is 5.69 Å². The van der Waals surface area contributed by atoms with Crippen LogP contribution in [0.2, 0.25) is 0 Å². The van der Waals surface area contributed by atoms with Crippen LogP contribution < -0.4 is 16.8 Å². The Kier molecular flexibility index (Phi) is 5.19. The van der Waals surface area contributed by atoms with Gasteiger partial charge in [-0.1, -0.05) is 30.3 Å². The number of hydrogen-bond acceptors (Lipinski definition) is 5. The molecule has 4 rings (SSSR count). The Bertz CT molecular complexity index is 1530. The summed E-state index contributed by atoms with van der Waals surface area (Å²) in [5.41, 5.74) is -1.86. The van der Waals surface area contributed by atoms with Gasteiger partial charge in [0, 0.05) is 13.3 Å². The number of hydrogen-bond donors (Lipinski definition) is 2. The van der Waals surface area contributed by atoms with Crippen molar-refractivity contribution in [1.82, 2.24) is 18.9 Å². The van der Waals surface area contributed by atoms with Gasteiger partial charge in [-0.3, -0.25) is 19.3 Å². The number of aliphatic imine (C=N–C) groups is 1. The third kappa shape index (κ3) is 3.37. The number of halogens is 1. The maximum atomic E-state index is 14.2. The molecule has 0 fully saturated rings. The number of benzene rings is 2. The zero-order valence-corrected chi connectivity index (χ0v) is 17.1. The van der Waals surface area contributed by atoms with Crippen LogP contribution in [0.3, 0.4) is 0 Å². The second-order valence-electron chi connectivity index (χ2n) is 6.95. The van der Waals surface area contributed by atoms with Crippen LogP contribution >= 0.6 is 0 Å². The van der Waals surface area contributed by atoms with Crippen molar-refractivity contribution in [3.63, 3.8) is 0 Å². The van der Waals surface area contributed by atoms with E-state index in [0.717, 1.165) is 12.3 Å². The smallest absolute Gasteiger partial charge is 0.335 e. The summed E-state index contributed by atoms with van der Waals surface area (Å²) in [6.07, 6.45) is 0.976. The van der Waals surface area contributed by atoms with Gasteiger partial charge in [0.25, 0.3) is 11.1 Å². The fourth-order valence-electron chi connectivity index (χ4n) is 3.34. The molecule has 162 valence electrons. The fraction of sp³-hybridized carbons (Fsp3) is 0.0909. The first-order valence-corrected chi connectivity index (χ1v) is 9.52. The van der Waals surface area contributed by atoms with Crippen molar-refractivity contribution in [2.24, 2.45) is 12.0 Å². The molecular formula is C22H18FN5O4. The SMILES string of the molecule is Cc1c(N=Cc2c(O)n(-c3ccccc3F)c(=O)[nH]c2=O)c(=O)n(-c2ccccc2)n1C. The molecule has 0 saturated heterocycles. The van der Waals surface area contributed by atoms with Crippen LogP contribution in [-0.4, -0.2) is 30.2 Å². The first kappa shape index (κ1) is 20.8. The number of nitrogens with zero attached hydrogens (tertiary/aromatic N) is 4. The van der Waals surface area contributed by atoms with Gasteiger partial charge in [0.2, 0.25) is 5.88 Å². The van der Waals surface area contributed by atoms with Crippen LogP contribution in [0.25, 0.3) is 11.4 Å². The van der Waals surface area contributed by atoms with Gasteiger partial charge < -0.3 is 5.11 Å². The van der Waals surface area contributed by atoms with E-state index in [1.165, 1.54) is 22.9 Å². The minimum Gasteiger partial charge on any atom is -0.493 e. The van der Waals surface area contributed by atoms with Crippen molar-refractivity contribution in [3.8, 4) is 17.3 Å². The lowest BCUT2D eigenvalue weighted by Crippen LogP contribution is -2.31. The highest BCUT2D eigenvalue weighted by atomic mass is 19.1. The molecule has 0 atom stereocenters. The lowest BCUT2D eigenvalue weighted by atomic mass is 10.2. The number of H-pyrrole nitrogens is 1. The van der Waals surface area contributed by atoms with Crippen molar-refractivity contribution < 1.29 is 9.50 Å². The lowest BCUT2D eigenvalue weighted by molar-refractivity contribution is 0.427. The topological polar surface area (TPSA) is 114 Å². The van der Waals surface area contributed by atoms with Crippen LogP contribution in [0.15, 0.2) is 74.0 Å². The van der Waals surface area contributed by atoms with Crippen molar-refractivity contribution in [3.05, 3.63) is 103 Å². The lowest BCUT2D eigenvalue weighted by Gasteiger charge is -2.10.